The number of aromatic nitrogens is 2. The van der Waals surface area contributed by atoms with Crippen molar-refractivity contribution in [3.05, 3.63) is 48.3 Å². The van der Waals surface area contributed by atoms with Crippen LogP contribution in [0.4, 0.5) is 11.5 Å². The van der Waals surface area contributed by atoms with Crippen LogP contribution in [-0.2, 0) is 9.53 Å². The second-order valence-corrected chi connectivity index (χ2v) is 7.25. The van der Waals surface area contributed by atoms with E-state index in [1.807, 2.05) is 30.3 Å². The third kappa shape index (κ3) is 4.31. The molecule has 0 unspecified atom stereocenters. The fourth-order valence-electron chi connectivity index (χ4n) is 3.82. The van der Waals surface area contributed by atoms with Crippen LogP contribution in [0.5, 0.6) is 5.75 Å². The maximum absolute atomic E-state index is 12.9. The number of H-pyrrole nitrogens is 1. The van der Waals surface area contributed by atoms with Crippen LogP contribution in [0.3, 0.4) is 0 Å². The number of carbonyl (C=O) groups excluding carboxylic acids is 2. The Hall–Kier alpha value is -3.59. The van der Waals surface area contributed by atoms with E-state index in [2.05, 4.69) is 25.1 Å². The molecule has 0 bridgehead atoms. The highest BCUT2D eigenvalue weighted by Gasteiger charge is 2.24. The van der Waals surface area contributed by atoms with Gasteiger partial charge in [-0.05, 0) is 24.3 Å². The van der Waals surface area contributed by atoms with Crippen LogP contribution < -0.4 is 15.0 Å². The van der Waals surface area contributed by atoms with E-state index in [1.54, 1.807) is 19.4 Å². The first-order valence-corrected chi connectivity index (χ1v) is 10.1. The van der Waals surface area contributed by atoms with Crippen molar-refractivity contribution in [2.75, 3.05) is 57.2 Å². The number of amides is 1. The summed E-state index contributed by atoms with van der Waals surface area (Å²) in [6.45, 7) is 3.28. The fourth-order valence-corrected chi connectivity index (χ4v) is 3.82. The second kappa shape index (κ2) is 9.05. The lowest BCUT2D eigenvalue weighted by atomic mass is 10.2. The van der Waals surface area contributed by atoms with Crippen molar-refractivity contribution in [2.45, 2.75) is 0 Å². The molecule has 9 heteroatoms. The molecule has 0 saturated carbocycles. The van der Waals surface area contributed by atoms with E-state index in [9.17, 15) is 9.59 Å². The van der Waals surface area contributed by atoms with Gasteiger partial charge >= 0.3 is 5.97 Å². The number of benzene rings is 1. The van der Waals surface area contributed by atoms with Crippen LogP contribution in [0, 0.1) is 0 Å². The van der Waals surface area contributed by atoms with Crippen molar-refractivity contribution in [3.8, 4) is 5.75 Å². The van der Waals surface area contributed by atoms with Crippen LogP contribution >= 0.6 is 0 Å². The normalized spacial score (nSPS) is 14.5. The van der Waals surface area contributed by atoms with Crippen LogP contribution in [0.25, 0.3) is 10.9 Å². The largest absolute Gasteiger partial charge is 0.496 e. The lowest BCUT2D eigenvalue weighted by Crippen LogP contribution is -2.48. The fraction of sp³-hybridized carbons (Fsp3) is 0.318. The van der Waals surface area contributed by atoms with Crippen molar-refractivity contribution in [1.29, 1.82) is 0 Å². The minimum atomic E-state index is -0.558. The molecule has 162 valence electrons. The van der Waals surface area contributed by atoms with Crippen LogP contribution in [0.2, 0.25) is 0 Å². The molecule has 3 heterocycles. The number of pyridine rings is 1. The molecule has 2 aromatic heterocycles. The number of hydrogen-bond donors (Lipinski definition) is 2. The molecule has 1 saturated heterocycles. The molecule has 0 atom stereocenters. The van der Waals surface area contributed by atoms with Crippen molar-refractivity contribution in [1.82, 2.24) is 14.9 Å². The van der Waals surface area contributed by atoms with Gasteiger partial charge in [-0.2, -0.15) is 0 Å². The van der Waals surface area contributed by atoms with E-state index in [0.29, 0.717) is 22.3 Å². The summed E-state index contributed by atoms with van der Waals surface area (Å²) in [5.74, 6) is 0.740. The van der Waals surface area contributed by atoms with E-state index < -0.39 is 5.97 Å². The lowest BCUT2D eigenvalue weighted by Gasteiger charge is -2.34. The van der Waals surface area contributed by atoms with E-state index >= 15 is 0 Å². The number of ether oxygens (including phenoxy) is 2. The molecule has 2 N–H and O–H groups in total. The minimum absolute atomic E-state index is 0.190. The summed E-state index contributed by atoms with van der Waals surface area (Å²) < 4.78 is 10.3. The molecule has 1 aliphatic rings. The molecule has 4 rings (SSSR count). The Bertz CT molecular complexity index is 1070. The number of hydrogen-bond acceptors (Lipinski definition) is 7. The van der Waals surface area contributed by atoms with Gasteiger partial charge in [0, 0.05) is 32.4 Å². The summed E-state index contributed by atoms with van der Waals surface area (Å²) in [6.07, 6.45) is 1.78. The zero-order chi connectivity index (χ0) is 21.8. The highest BCUT2D eigenvalue weighted by molar-refractivity contribution is 6.13. The van der Waals surface area contributed by atoms with Gasteiger partial charge in [-0.25, -0.2) is 9.78 Å². The molecule has 1 aromatic carbocycles. The number of rotatable bonds is 6. The first-order valence-electron chi connectivity index (χ1n) is 10.1. The number of fused-ring (bicyclic) bond motifs is 1. The number of carbonyl (C=O) groups is 2. The van der Waals surface area contributed by atoms with Gasteiger partial charge < -0.3 is 24.7 Å². The number of nitrogens with one attached hydrogen (secondary N) is 2. The molecule has 0 aliphatic carbocycles. The van der Waals surface area contributed by atoms with E-state index in [1.165, 1.54) is 7.11 Å². The molecule has 1 amide bonds. The Morgan fingerprint density at radius 3 is 2.58 bits per heavy atom. The van der Waals surface area contributed by atoms with Crippen molar-refractivity contribution in [2.24, 2.45) is 0 Å². The monoisotopic (exact) mass is 423 g/mol. The van der Waals surface area contributed by atoms with E-state index in [0.717, 1.165) is 32.0 Å². The summed E-state index contributed by atoms with van der Waals surface area (Å²) in [7, 11) is 2.85. The molecular weight excluding hydrogens is 398 g/mol. The Labute approximate surface area is 179 Å². The SMILES string of the molecule is COC(=O)c1[nH]c2cccc(OC)c2c1NC(=O)CN1CCN(c2ccccn2)CC1. The summed E-state index contributed by atoms with van der Waals surface area (Å²) in [4.78, 5) is 36.8. The lowest BCUT2D eigenvalue weighted by molar-refractivity contribution is -0.117. The van der Waals surface area contributed by atoms with Crippen molar-refractivity contribution in [3.63, 3.8) is 0 Å². The molecule has 0 spiro atoms. The quantitative estimate of drug-likeness (QED) is 0.586. The third-order valence-electron chi connectivity index (χ3n) is 5.37. The number of aromatic amines is 1. The Morgan fingerprint density at radius 1 is 1.10 bits per heavy atom. The third-order valence-corrected chi connectivity index (χ3v) is 5.37. The minimum Gasteiger partial charge on any atom is -0.496 e. The molecule has 1 aliphatic heterocycles. The van der Waals surface area contributed by atoms with Crippen LogP contribution in [0.15, 0.2) is 42.6 Å². The average molecular weight is 423 g/mol. The summed E-state index contributed by atoms with van der Waals surface area (Å²) in [6, 6.07) is 11.3. The topological polar surface area (TPSA) is 99.8 Å². The van der Waals surface area contributed by atoms with Crippen molar-refractivity contribution >= 4 is 34.3 Å². The average Bonchev–Trinajstić information content (AvgIpc) is 3.18. The van der Waals surface area contributed by atoms with Crippen molar-refractivity contribution < 1.29 is 19.1 Å². The van der Waals surface area contributed by atoms with E-state index in [-0.39, 0.29) is 18.1 Å². The smallest absolute Gasteiger partial charge is 0.356 e. The number of methoxy groups -OCH3 is 2. The van der Waals surface area contributed by atoms with Gasteiger partial charge in [0.05, 0.1) is 37.4 Å². The van der Waals surface area contributed by atoms with Crippen LogP contribution in [-0.4, -0.2) is 73.7 Å². The summed E-state index contributed by atoms with van der Waals surface area (Å²) >= 11 is 0. The molecule has 1 fully saturated rings. The van der Waals surface area contributed by atoms with Gasteiger partial charge in [-0.1, -0.05) is 12.1 Å². The Kier molecular flexibility index (Phi) is 6.03. The zero-order valence-electron chi connectivity index (χ0n) is 17.6. The maximum atomic E-state index is 12.9. The van der Waals surface area contributed by atoms with Crippen LogP contribution in [0.1, 0.15) is 10.5 Å². The molecule has 3 aromatic rings. The first-order chi connectivity index (χ1) is 15.1. The number of esters is 1. The Morgan fingerprint density at radius 2 is 1.90 bits per heavy atom. The first kappa shape index (κ1) is 20.7. The highest BCUT2D eigenvalue weighted by Crippen LogP contribution is 2.35. The second-order valence-electron chi connectivity index (χ2n) is 7.25. The summed E-state index contributed by atoms with van der Waals surface area (Å²) in [5.41, 5.74) is 1.24. The van der Waals surface area contributed by atoms with Gasteiger partial charge in [-0.3, -0.25) is 9.69 Å². The number of piperazine rings is 1. The summed E-state index contributed by atoms with van der Waals surface area (Å²) in [5, 5.41) is 3.53. The standard InChI is InChI=1S/C22H25N5O4/c1-30-16-7-5-6-15-19(16)20(21(24-15)22(29)31-2)25-18(28)14-26-10-12-27(13-11-26)17-8-3-4-9-23-17/h3-9,24H,10-14H2,1-2H3,(H,25,28). The van der Waals surface area contributed by atoms with E-state index in [4.69, 9.17) is 9.47 Å². The van der Waals surface area contributed by atoms with Gasteiger partial charge in [0.25, 0.3) is 0 Å². The predicted octanol–water partition coefficient (Wildman–Crippen LogP) is 2.12. The Balaban J connectivity index is 1.47. The predicted molar refractivity (Wildman–Crippen MR) is 118 cm³/mol. The van der Waals surface area contributed by atoms with Gasteiger partial charge in [0.2, 0.25) is 5.91 Å². The van der Waals surface area contributed by atoms with Gasteiger partial charge in [0.1, 0.15) is 17.3 Å². The zero-order valence-corrected chi connectivity index (χ0v) is 17.6. The highest BCUT2D eigenvalue weighted by atomic mass is 16.5. The number of nitrogens with zero attached hydrogens (tertiary/aromatic N) is 3. The molecule has 31 heavy (non-hydrogen) atoms. The molecule has 9 nitrogen and oxygen atoms in total. The maximum Gasteiger partial charge on any atom is 0.356 e. The van der Waals surface area contributed by atoms with Gasteiger partial charge in [0.15, 0.2) is 0 Å². The number of anilines is 2. The van der Waals surface area contributed by atoms with Gasteiger partial charge in [-0.15, -0.1) is 0 Å². The molecule has 0 radical (unpaired) electrons. The molecular formula is C22H25N5O4.